The van der Waals surface area contributed by atoms with Crippen LogP contribution in [-0.2, 0) is 6.54 Å². The average Bonchev–Trinajstić information content (AvgIpc) is 3.07. The molecule has 0 aliphatic rings. The van der Waals surface area contributed by atoms with Gasteiger partial charge in [0.2, 0.25) is 0 Å². The molecule has 0 radical (unpaired) electrons. The maximum Gasteiger partial charge on any atom is 0.267 e. The highest BCUT2D eigenvalue weighted by molar-refractivity contribution is 7.17. The summed E-state index contributed by atoms with van der Waals surface area (Å²) in [5, 5.41) is 4.96. The molecule has 5 heteroatoms. The van der Waals surface area contributed by atoms with E-state index >= 15 is 0 Å². The molecule has 1 aromatic carbocycles. The number of aromatic nitrogens is 1. The highest BCUT2D eigenvalue weighted by Crippen LogP contribution is 2.26. The molecular formula is C18H19FN2OS. The van der Waals surface area contributed by atoms with Gasteiger partial charge in [-0.3, -0.25) is 4.79 Å². The van der Waals surface area contributed by atoms with E-state index in [4.69, 9.17) is 0 Å². The molecule has 120 valence electrons. The van der Waals surface area contributed by atoms with Gasteiger partial charge in [0.15, 0.2) is 0 Å². The van der Waals surface area contributed by atoms with Crippen LogP contribution < -0.4 is 5.32 Å². The van der Waals surface area contributed by atoms with Gasteiger partial charge in [-0.2, -0.15) is 0 Å². The summed E-state index contributed by atoms with van der Waals surface area (Å²) in [7, 11) is 0. The van der Waals surface area contributed by atoms with E-state index in [0.717, 1.165) is 15.8 Å². The molecule has 1 amide bonds. The monoisotopic (exact) mass is 330 g/mol. The standard InChI is InChI=1S/C18H19FN2OS/c1-12(2)10-20-18(22)16-9-17-15(6-7-23-17)21(16)11-13-4-3-5-14(19)8-13/h3-9,12H,10-11H2,1-2H3,(H,20,22). The second-order valence-electron chi connectivity index (χ2n) is 6.02. The predicted octanol–water partition coefficient (Wildman–Crippen LogP) is 4.28. The lowest BCUT2D eigenvalue weighted by Gasteiger charge is -2.12. The number of nitrogens with one attached hydrogen (secondary N) is 1. The largest absolute Gasteiger partial charge is 0.351 e. The quantitative estimate of drug-likeness (QED) is 0.744. The van der Waals surface area contributed by atoms with E-state index in [1.165, 1.54) is 12.1 Å². The molecule has 0 saturated heterocycles. The van der Waals surface area contributed by atoms with Gasteiger partial charge in [-0.05, 0) is 41.1 Å². The number of halogens is 1. The minimum Gasteiger partial charge on any atom is -0.351 e. The first-order valence-electron chi connectivity index (χ1n) is 7.64. The number of rotatable bonds is 5. The van der Waals surface area contributed by atoms with E-state index in [0.29, 0.717) is 24.7 Å². The first kappa shape index (κ1) is 15.7. The van der Waals surface area contributed by atoms with Gasteiger partial charge in [-0.15, -0.1) is 11.3 Å². The van der Waals surface area contributed by atoms with Crippen LogP contribution in [0.3, 0.4) is 0 Å². The van der Waals surface area contributed by atoms with Gasteiger partial charge < -0.3 is 9.88 Å². The number of amides is 1. The minimum atomic E-state index is -0.262. The highest BCUT2D eigenvalue weighted by Gasteiger charge is 2.17. The number of carbonyl (C=O) groups is 1. The third kappa shape index (κ3) is 3.45. The van der Waals surface area contributed by atoms with Gasteiger partial charge in [0.25, 0.3) is 5.91 Å². The molecule has 0 atom stereocenters. The molecule has 0 saturated carbocycles. The lowest BCUT2D eigenvalue weighted by Crippen LogP contribution is -2.29. The van der Waals surface area contributed by atoms with Crippen molar-refractivity contribution in [3.8, 4) is 0 Å². The van der Waals surface area contributed by atoms with Crippen LogP contribution >= 0.6 is 11.3 Å². The van der Waals surface area contributed by atoms with Gasteiger partial charge in [0.05, 0.1) is 10.2 Å². The fourth-order valence-corrected chi connectivity index (χ4v) is 3.36. The van der Waals surface area contributed by atoms with E-state index in [9.17, 15) is 9.18 Å². The van der Waals surface area contributed by atoms with Gasteiger partial charge >= 0.3 is 0 Å². The number of carbonyl (C=O) groups excluding carboxylic acids is 1. The van der Waals surface area contributed by atoms with Crippen LogP contribution in [0, 0.1) is 11.7 Å². The van der Waals surface area contributed by atoms with E-state index in [1.54, 1.807) is 17.4 Å². The number of nitrogens with zero attached hydrogens (tertiary/aromatic N) is 1. The van der Waals surface area contributed by atoms with Crippen LogP contribution in [0.4, 0.5) is 4.39 Å². The molecule has 23 heavy (non-hydrogen) atoms. The summed E-state index contributed by atoms with van der Waals surface area (Å²) in [4.78, 5) is 12.5. The van der Waals surface area contributed by atoms with Crippen LogP contribution in [0.15, 0.2) is 41.8 Å². The summed E-state index contributed by atoms with van der Waals surface area (Å²) < 4.78 is 16.5. The summed E-state index contributed by atoms with van der Waals surface area (Å²) >= 11 is 1.60. The zero-order valence-corrected chi connectivity index (χ0v) is 14.0. The van der Waals surface area contributed by atoms with Crippen LogP contribution in [-0.4, -0.2) is 17.0 Å². The van der Waals surface area contributed by atoms with Crippen LogP contribution in [0.5, 0.6) is 0 Å². The molecule has 0 bridgehead atoms. The van der Waals surface area contributed by atoms with Crippen molar-refractivity contribution in [2.45, 2.75) is 20.4 Å². The maximum atomic E-state index is 13.4. The molecule has 1 N–H and O–H groups in total. The fourth-order valence-electron chi connectivity index (χ4n) is 2.54. The maximum absolute atomic E-state index is 13.4. The van der Waals surface area contributed by atoms with Gasteiger partial charge in [0, 0.05) is 13.1 Å². The van der Waals surface area contributed by atoms with Crippen molar-refractivity contribution in [1.29, 1.82) is 0 Å². The number of benzene rings is 1. The van der Waals surface area contributed by atoms with Crippen molar-refractivity contribution >= 4 is 27.5 Å². The Bertz CT molecular complexity index is 835. The topological polar surface area (TPSA) is 34.0 Å². The molecule has 0 aliphatic carbocycles. The van der Waals surface area contributed by atoms with Crippen molar-refractivity contribution < 1.29 is 9.18 Å². The van der Waals surface area contributed by atoms with E-state index < -0.39 is 0 Å². The summed E-state index contributed by atoms with van der Waals surface area (Å²) in [6, 6.07) is 10.4. The molecule has 0 spiro atoms. The summed E-state index contributed by atoms with van der Waals surface area (Å²) in [6.07, 6.45) is 0. The Morgan fingerprint density at radius 1 is 1.30 bits per heavy atom. The second kappa shape index (κ2) is 6.54. The number of hydrogen-bond acceptors (Lipinski definition) is 2. The van der Waals surface area contributed by atoms with E-state index in [1.807, 2.05) is 28.1 Å². The van der Waals surface area contributed by atoms with Crippen molar-refractivity contribution in [2.75, 3.05) is 6.54 Å². The highest BCUT2D eigenvalue weighted by atomic mass is 32.1. The summed E-state index contributed by atoms with van der Waals surface area (Å²) in [6.45, 7) is 5.23. The Balaban J connectivity index is 1.95. The molecule has 3 nitrogen and oxygen atoms in total. The predicted molar refractivity (Wildman–Crippen MR) is 92.5 cm³/mol. The first-order valence-corrected chi connectivity index (χ1v) is 8.52. The zero-order chi connectivity index (χ0) is 16.4. The van der Waals surface area contributed by atoms with Crippen LogP contribution in [0.25, 0.3) is 10.2 Å². The van der Waals surface area contributed by atoms with Gasteiger partial charge in [-0.1, -0.05) is 26.0 Å². The van der Waals surface area contributed by atoms with Gasteiger partial charge in [-0.25, -0.2) is 4.39 Å². The number of hydrogen-bond donors (Lipinski definition) is 1. The van der Waals surface area contributed by atoms with Crippen molar-refractivity contribution in [2.24, 2.45) is 5.92 Å². The number of thiophene rings is 1. The van der Waals surface area contributed by atoms with Crippen molar-refractivity contribution in [3.05, 3.63) is 58.9 Å². The first-order chi connectivity index (χ1) is 11.0. The van der Waals surface area contributed by atoms with Crippen LogP contribution in [0.1, 0.15) is 29.9 Å². The molecule has 0 fully saturated rings. The molecular weight excluding hydrogens is 311 g/mol. The summed E-state index contributed by atoms with van der Waals surface area (Å²) in [5.41, 5.74) is 2.47. The normalized spacial score (nSPS) is 11.3. The Morgan fingerprint density at radius 3 is 2.87 bits per heavy atom. The molecule has 3 rings (SSSR count). The van der Waals surface area contributed by atoms with E-state index in [-0.39, 0.29) is 11.7 Å². The lowest BCUT2D eigenvalue weighted by molar-refractivity contribution is 0.0940. The Labute approximate surface area is 138 Å². The number of fused-ring (bicyclic) bond motifs is 1. The Hall–Kier alpha value is -2.14. The third-order valence-corrected chi connectivity index (χ3v) is 4.51. The second-order valence-corrected chi connectivity index (χ2v) is 6.97. The molecule has 0 unspecified atom stereocenters. The minimum absolute atomic E-state index is 0.0847. The summed E-state index contributed by atoms with van der Waals surface area (Å²) in [5.74, 6) is 0.0484. The van der Waals surface area contributed by atoms with E-state index in [2.05, 4.69) is 19.2 Å². The van der Waals surface area contributed by atoms with Crippen molar-refractivity contribution in [3.63, 3.8) is 0 Å². The molecule has 2 heterocycles. The zero-order valence-electron chi connectivity index (χ0n) is 13.2. The average molecular weight is 330 g/mol. The Kier molecular flexibility index (Phi) is 4.48. The van der Waals surface area contributed by atoms with Crippen LogP contribution in [0.2, 0.25) is 0 Å². The van der Waals surface area contributed by atoms with Gasteiger partial charge in [0.1, 0.15) is 11.5 Å². The fraction of sp³-hybridized carbons (Fsp3) is 0.278. The lowest BCUT2D eigenvalue weighted by atomic mass is 10.2. The Morgan fingerprint density at radius 2 is 2.13 bits per heavy atom. The van der Waals surface area contributed by atoms with Crippen molar-refractivity contribution in [1.82, 2.24) is 9.88 Å². The molecule has 3 aromatic rings. The SMILES string of the molecule is CC(C)CNC(=O)c1cc2sccc2n1Cc1cccc(F)c1. The molecule has 2 aromatic heterocycles. The smallest absolute Gasteiger partial charge is 0.267 e. The third-order valence-electron chi connectivity index (χ3n) is 3.66. The molecule has 0 aliphatic heterocycles.